The van der Waals surface area contributed by atoms with Crippen LogP contribution in [0.2, 0.25) is 0 Å². The zero-order valence-electron chi connectivity index (χ0n) is 18.7. The van der Waals surface area contributed by atoms with Gasteiger partial charge in [0.15, 0.2) is 0 Å². The quantitative estimate of drug-likeness (QED) is 0.516. The van der Waals surface area contributed by atoms with Crippen molar-refractivity contribution in [3.8, 4) is 0 Å². The van der Waals surface area contributed by atoms with Crippen molar-refractivity contribution in [1.29, 1.82) is 0 Å². The number of fused-ring (bicyclic) bond motifs is 1. The number of carbonyl (C=O) groups excluding carboxylic acids is 2. The van der Waals surface area contributed by atoms with Crippen molar-refractivity contribution in [2.24, 2.45) is 4.99 Å². The fourth-order valence-corrected chi connectivity index (χ4v) is 4.89. The Bertz CT molecular complexity index is 1490. The van der Waals surface area contributed by atoms with Crippen LogP contribution in [-0.4, -0.2) is 35.2 Å². The molecule has 0 radical (unpaired) electrons. The first-order valence-corrected chi connectivity index (χ1v) is 11.3. The van der Waals surface area contributed by atoms with E-state index in [4.69, 9.17) is 4.99 Å². The number of aryl methyl sites for hydroxylation is 1. The highest BCUT2D eigenvalue weighted by Crippen LogP contribution is 2.36. The molecule has 2 aliphatic heterocycles. The van der Waals surface area contributed by atoms with Crippen LogP contribution in [0.25, 0.3) is 10.9 Å². The lowest BCUT2D eigenvalue weighted by Gasteiger charge is -2.21. The highest BCUT2D eigenvalue weighted by Gasteiger charge is 2.37. The van der Waals surface area contributed by atoms with Crippen molar-refractivity contribution in [1.82, 2.24) is 10.3 Å². The number of anilines is 1. The van der Waals surface area contributed by atoms with Gasteiger partial charge in [-0.05, 0) is 31.0 Å². The zero-order valence-corrected chi connectivity index (χ0v) is 18.7. The minimum atomic E-state index is -1.03. The number of benzene rings is 3. The summed E-state index contributed by atoms with van der Waals surface area (Å²) in [5.74, 6) is -0.567. The summed E-state index contributed by atoms with van der Waals surface area (Å²) in [6.07, 6.45) is -0.250. The maximum Gasteiger partial charge on any atom is 0.272 e. The second kappa shape index (κ2) is 7.92. The van der Waals surface area contributed by atoms with E-state index in [1.165, 1.54) is 0 Å². The molecule has 0 fully saturated rings. The minimum absolute atomic E-state index is 0.222. The summed E-state index contributed by atoms with van der Waals surface area (Å²) < 4.78 is 0. The van der Waals surface area contributed by atoms with Gasteiger partial charge in [0, 0.05) is 28.8 Å². The Hall–Kier alpha value is -4.32. The van der Waals surface area contributed by atoms with Gasteiger partial charge in [-0.15, -0.1) is 0 Å². The number of nitrogens with one attached hydrogen (secondary N) is 1. The van der Waals surface area contributed by atoms with E-state index in [2.05, 4.69) is 16.4 Å². The fourth-order valence-electron chi connectivity index (χ4n) is 4.89. The van der Waals surface area contributed by atoms with Gasteiger partial charge in [-0.2, -0.15) is 0 Å². The van der Waals surface area contributed by atoms with E-state index in [-0.39, 0.29) is 11.8 Å². The molecule has 6 rings (SSSR count). The second-order valence-corrected chi connectivity index (χ2v) is 8.60. The number of para-hydroxylation sites is 2. The molecule has 6 heteroatoms. The number of pyridine rings is 1. The van der Waals surface area contributed by atoms with Crippen LogP contribution in [0.4, 0.5) is 5.69 Å². The molecular weight excluding hydrogens is 424 g/mol. The molecule has 0 aliphatic carbocycles. The van der Waals surface area contributed by atoms with E-state index in [0.717, 1.165) is 45.4 Å². The van der Waals surface area contributed by atoms with Crippen LogP contribution in [-0.2, 0) is 11.2 Å². The largest absolute Gasteiger partial charge is 0.322 e. The smallest absolute Gasteiger partial charge is 0.272 e. The number of aromatic nitrogens is 1. The SMILES string of the molecule is Cc1cc(C(=O)NC2N=C(c3ccccc3)c3cccc4c3N(CC4)C2=O)c2ccccc2n1. The van der Waals surface area contributed by atoms with Crippen LogP contribution < -0.4 is 10.2 Å². The number of aliphatic imine (C=N–C) groups is 1. The number of amides is 2. The third-order valence-electron chi connectivity index (χ3n) is 6.41. The Morgan fingerprint density at radius 3 is 2.65 bits per heavy atom. The highest BCUT2D eigenvalue weighted by atomic mass is 16.2. The van der Waals surface area contributed by atoms with Gasteiger partial charge < -0.3 is 10.2 Å². The molecule has 1 N–H and O–H groups in total. The lowest BCUT2D eigenvalue weighted by atomic mass is 9.98. The van der Waals surface area contributed by atoms with E-state index < -0.39 is 6.17 Å². The fraction of sp³-hybridized carbons (Fsp3) is 0.143. The Kier molecular flexibility index (Phi) is 4.73. The molecule has 1 unspecified atom stereocenters. The third-order valence-corrected chi connectivity index (χ3v) is 6.41. The van der Waals surface area contributed by atoms with E-state index in [9.17, 15) is 9.59 Å². The maximum atomic E-state index is 13.6. The summed E-state index contributed by atoms with van der Waals surface area (Å²) in [4.78, 5) is 38.3. The maximum absolute atomic E-state index is 13.6. The normalized spacial score (nSPS) is 16.7. The Morgan fingerprint density at radius 2 is 1.79 bits per heavy atom. The lowest BCUT2D eigenvalue weighted by Crippen LogP contribution is -2.47. The predicted molar refractivity (Wildman–Crippen MR) is 132 cm³/mol. The Balaban J connectivity index is 1.46. The molecule has 6 nitrogen and oxygen atoms in total. The Labute approximate surface area is 197 Å². The van der Waals surface area contributed by atoms with Gasteiger partial charge in [-0.3, -0.25) is 14.6 Å². The molecule has 1 atom stereocenters. The summed E-state index contributed by atoms with van der Waals surface area (Å²) in [5.41, 5.74) is 6.51. The van der Waals surface area contributed by atoms with Crippen molar-refractivity contribution in [2.75, 3.05) is 11.4 Å². The molecular formula is C28H22N4O2. The van der Waals surface area contributed by atoms with Crippen LogP contribution in [0.5, 0.6) is 0 Å². The second-order valence-electron chi connectivity index (χ2n) is 8.60. The molecule has 2 aliphatic rings. The monoisotopic (exact) mass is 446 g/mol. The summed E-state index contributed by atoms with van der Waals surface area (Å²) >= 11 is 0. The molecule has 0 saturated heterocycles. The molecule has 0 spiro atoms. The molecule has 3 aromatic carbocycles. The number of carbonyl (C=O) groups is 2. The van der Waals surface area contributed by atoms with Crippen LogP contribution >= 0.6 is 0 Å². The predicted octanol–water partition coefficient (Wildman–Crippen LogP) is 4.04. The molecule has 0 saturated carbocycles. The van der Waals surface area contributed by atoms with Gasteiger partial charge in [-0.25, -0.2) is 4.99 Å². The summed E-state index contributed by atoms with van der Waals surface area (Å²) in [6.45, 7) is 2.43. The molecule has 1 aromatic heterocycles. The number of nitrogens with zero attached hydrogens (tertiary/aromatic N) is 3. The third kappa shape index (κ3) is 3.27. The molecule has 166 valence electrons. The van der Waals surface area contributed by atoms with Crippen molar-refractivity contribution in [2.45, 2.75) is 19.5 Å². The van der Waals surface area contributed by atoms with E-state index in [1.807, 2.05) is 73.7 Å². The van der Waals surface area contributed by atoms with Crippen LogP contribution in [0.3, 0.4) is 0 Å². The van der Waals surface area contributed by atoms with Gasteiger partial charge in [0.2, 0.25) is 6.17 Å². The average molecular weight is 447 g/mol. The topological polar surface area (TPSA) is 74.7 Å². The molecule has 34 heavy (non-hydrogen) atoms. The van der Waals surface area contributed by atoms with E-state index in [1.54, 1.807) is 11.0 Å². The van der Waals surface area contributed by atoms with Crippen LogP contribution in [0, 0.1) is 6.92 Å². The Morgan fingerprint density at radius 1 is 1.00 bits per heavy atom. The van der Waals surface area contributed by atoms with Gasteiger partial charge >= 0.3 is 0 Å². The zero-order chi connectivity index (χ0) is 23.2. The van der Waals surface area contributed by atoms with E-state index in [0.29, 0.717) is 17.8 Å². The molecule has 3 heterocycles. The van der Waals surface area contributed by atoms with Gasteiger partial charge in [0.25, 0.3) is 11.8 Å². The highest BCUT2D eigenvalue weighted by molar-refractivity contribution is 6.21. The first-order valence-electron chi connectivity index (χ1n) is 11.3. The van der Waals surface area contributed by atoms with Crippen molar-refractivity contribution < 1.29 is 9.59 Å². The van der Waals surface area contributed by atoms with Gasteiger partial charge in [-0.1, -0.05) is 66.7 Å². The molecule has 2 amide bonds. The summed E-state index contributed by atoms with van der Waals surface area (Å²) in [5, 5.41) is 3.66. The van der Waals surface area contributed by atoms with Crippen molar-refractivity contribution in [3.63, 3.8) is 0 Å². The van der Waals surface area contributed by atoms with Crippen LogP contribution in [0.1, 0.15) is 32.7 Å². The lowest BCUT2D eigenvalue weighted by molar-refractivity contribution is -0.120. The minimum Gasteiger partial charge on any atom is -0.322 e. The van der Waals surface area contributed by atoms with Crippen molar-refractivity contribution in [3.05, 3.63) is 107 Å². The first kappa shape index (κ1) is 20.3. The summed E-state index contributed by atoms with van der Waals surface area (Å²) in [6, 6.07) is 25.1. The number of hydrogen-bond donors (Lipinski definition) is 1. The first-order chi connectivity index (χ1) is 16.6. The van der Waals surface area contributed by atoms with Gasteiger partial charge in [0.1, 0.15) is 0 Å². The molecule has 0 bridgehead atoms. The summed E-state index contributed by atoms with van der Waals surface area (Å²) in [7, 11) is 0. The molecule has 4 aromatic rings. The van der Waals surface area contributed by atoms with Gasteiger partial charge in [0.05, 0.1) is 22.5 Å². The van der Waals surface area contributed by atoms with Crippen LogP contribution in [0.15, 0.2) is 83.9 Å². The standard InChI is InChI=1S/C28H22N4O2/c1-17-16-22(20-11-5-6-13-23(20)29-17)27(33)31-26-28(34)32-15-14-19-10-7-12-21(25(19)32)24(30-26)18-8-3-2-4-9-18/h2-13,16,26H,14-15H2,1H3,(H,31,33). The van der Waals surface area contributed by atoms with Crippen molar-refractivity contribution >= 4 is 34.1 Å². The van der Waals surface area contributed by atoms with E-state index >= 15 is 0 Å². The number of hydrogen-bond acceptors (Lipinski definition) is 4. The average Bonchev–Trinajstić information content (AvgIpc) is 3.26. The number of rotatable bonds is 3.